The van der Waals surface area contributed by atoms with Crippen LogP contribution in [0.15, 0.2) is 0 Å². The first kappa shape index (κ1) is 12.1. The van der Waals surface area contributed by atoms with Gasteiger partial charge in [-0.2, -0.15) is 0 Å². The standard InChI is InChI=1S/C10H21NO2S/c1-9(8-14(2)12)11-6-10-4-3-5-13-7-10/h9-11H,3-8H2,1-2H3. The van der Waals surface area contributed by atoms with Gasteiger partial charge in [0.15, 0.2) is 0 Å². The molecule has 0 bridgehead atoms. The van der Waals surface area contributed by atoms with E-state index in [9.17, 15) is 4.21 Å². The quantitative estimate of drug-likeness (QED) is 0.742. The highest BCUT2D eigenvalue weighted by Crippen LogP contribution is 2.12. The van der Waals surface area contributed by atoms with Crippen molar-refractivity contribution in [3.8, 4) is 0 Å². The molecule has 0 aromatic carbocycles. The maximum absolute atomic E-state index is 11.0. The van der Waals surface area contributed by atoms with Crippen molar-refractivity contribution in [3.05, 3.63) is 0 Å². The molecular formula is C10H21NO2S. The average Bonchev–Trinajstić information content (AvgIpc) is 2.15. The van der Waals surface area contributed by atoms with E-state index in [4.69, 9.17) is 4.74 Å². The summed E-state index contributed by atoms with van der Waals surface area (Å²) in [6, 6.07) is 0.350. The molecule has 1 N–H and O–H groups in total. The van der Waals surface area contributed by atoms with Crippen molar-refractivity contribution >= 4 is 10.8 Å². The molecule has 3 nitrogen and oxygen atoms in total. The predicted octanol–water partition coefficient (Wildman–Crippen LogP) is 0.770. The maximum Gasteiger partial charge on any atom is 0.0506 e. The van der Waals surface area contributed by atoms with Crippen molar-refractivity contribution in [2.45, 2.75) is 25.8 Å². The zero-order valence-corrected chi connectivity index (χ0v) is 9.94. The molecule has 1 fully saturated rings. The van der Waals surface area contributed by atoms with E-state index in [1.807, 2.05) is 0 Å². The van der Waals surface area contributed by atoms with Gasteiger partial charge >= 0.3 is 0 Å². The number of hydrogen-bond acceptors (Lipinski definition) is 3. The van der Waals surface area contributed by atoms with E-state index >= 15 is 0 Å². The Kier molecular flexibility index (Phi) is 5.67. The smallest absolute Gasteiger partial charge is 0.0506 e. The van der Waals surface area contributed by atoms with E-state index in [1.54, 1.807) is 6.26 Å². The molecule has 4 heteroatoms. The van der Waals surface area contributed by atoms with Crippen LogP contribution in [0, 0.1) is 5.92 Å². The molecule has 14 heavy (non-hydrogen) atoms. The number of nitrogens with one attached hydrogen (secondary N) is 1. The molecule has 1 rings (SSSR count). The van der Waals surface area contributed by atoms with Gasteiger partial charge in [-0.05, 0) is 25.7 Å². The van der Waals surface area contributed by atoms with Crippen LogP contribution in [-0.4, -0.2) is 42.0 Å². The third-order valence-corrected chi connectivity index (χ3v) is 3.46. The highest BCUT2D eigenvalue weighted by Gasteiger charge is 2.14. The Morgan fingerprint density at radius 2 is 2.43 bits per heavy atom. The van der Waals surface area contributed by atoms with Crippen LogP contribution in [0.25, 0.3) is 0 Å². The minimum absolute atomic E-state index is 0.350. The minimum atomic E-state index is -0.696. The molecule has 3 atom stereocenters. The molecule has 0 aliphatic carbocycles. The lowest BCUT2D eigenvalue weighted by Gasteiger charge is -2.24. The summed E-state index contributed by atoms with van der Waals surface area (Å²) in [6.07, 6.45) is 4.19. The van der Waals surface area contributed by atoms with E-state index in [-0.39, 0.29) is 0 Å². The van der Waals surface area contributed by atoms with Crippen molar-refractivity contribution in [2.75, 3.05) is 31.8 Å². The Balaban J connectivity index is 2.09. The van der Waals surface area contributed by atoms with Crippen LogP contribution >= 0.6 is 0 Å². The van der Waals surface area contributed by atoms with Crippen molar-refractivity contribution in [2.24, 2.45) is 5.92 Å². The van der Waals surface area contributed by atoms with E-state index in [0.29, 0.717) is 12.0 Å². The third kappa shape index (κ3) is 5.08. The summed E-state index contributed by atoms with van der Waals surface area (Å²) >= 11 is 0. The summed E-state index contributed by atoms with van der Waals surface area (Å²) < 4.78 is 16.3. The monoisotopic (exact) mass is 219 g/mol. The Hall–Kier alpha value is 0.0700. The van der Waals surface area contributed by atoms with Gasteiger partial charge in [-0.25, -0.2) is 0 Å². The van der Waals surface area contributed by atoms with Crippen LogP contribution in [0.4, 0.5) is 0 Å². The number of ether oxygens (including phenoxy) is 1. The topological polar surface area (TPSA) is 38.3 Å². The Labute approximate surface area is 89.1 Å². The van der Waals surface area contributed by atoms with Crippen LogP contribution in [0.1, 0.15) is 19.8 Å². The maximum atomic E-state index is 11.0. The zero-order chi connectivity index (χ0) is 10.4. The van der Waals surface area contributed by atoms with Crippen molar-refractivity contribution in [1.29, 1.82) is 0 Å². The molecule has 0 radical (unpaired) electrons. The lowest BCUT2D eigenvalue weighted by molar-refractivity contribution is 0.0542. The van der Waals surface area contributed by atoms with Gasteiger partial charge in [0.1, 0.15) is 0 Å². The predicted molar refractivity (Wildman–Crippen MR) is 59.9 cm³/mol. The van der Waals surface area contributed by atoms with Crippen LogP contribution < -0.4 is 5.32 Å². The molecule has 1 aliphatic heterocycles. The Morgan fingerprint density at radius 3 is 3.00 bits per heavy atom. The van der Waals surface area contributed by atoms with Gasteiger partial charge in [-0.1, -0.05) is 0 Å². The fourth-order valence-electron chi connectivity index (χ4n) is 1.75. The average molecular weight is 219 g/mol. The summed E-state index contributed by atoms with van der Waals surface area (Å²) in [7, 11) is -0.696. The second kappa shape index (κ2) is 6.53. The first-order valence-corrected chi connectivity index (χ1v) is 7.02. The first-order valence-electron chi connectivity index (χ1n) is 5.29. The second-order valence-corrected chi connectivity index (χ2v) is 5.61. The molecule has 1 heterocycles. The van der Waals surface area contributed by atoms with E-state index in [2.05, 4.69) is 12.2 Å². The molecule has 1 saturated heterocycles. The molecule has 3 unspecified atom stereocenters. The SMILES string of the molecule is CC(CS(C)=O)NCC1CCCOC1. The van der Waals surface area contributed by atoms with Gasteiger partial charge in [0, 0.05) is 42.0 Å². The van der Waals surface area contributed by atoms with E-state index in [0.717, 1.165) is 25.5 Å². The fraction of sp³-hybridized carbons (Fsp3) is 1.00. The highest BCUT2D eigenvalue weighted by atomic mass is 32.2. The highest BCUT2D eigenvalue weighted by molar-refractivity contribution is 7.84. The van der Waals surface area contributed by atoms with Gasteiger partial charge in [0.05, 0.1) is 6.61 Å². The summed E-state index contributed by atoms with van der Waals surface area (Å²) in [4.78, 5) is 0. The number of rotatable bonds is 5. The second-order valence-electron chi connectivity index (χ2n) is 4.13. The van der Waals surface area contributed by atoms with E-state index < -0.39 is 10.8 Å². The van der Waals surface area contributed by atoms with Crippen LogP contribution in [0.5, 0.6) is 0 Å². The van der Waals surface area contributed by atoms with Crippen LogP contribution in [-0.2, 0) is 15.5 Å². The molecule has 0 aromatic heterocycles. The van der Waals surface area contributed by atoms with Crippen LogP contribution in [0.3, 0.4) is 0 Å². The molecular weight excluding hydrogens is 198 g/mol. The molecule has 0 aromatic rings. The van der Waals surface area contributed by atoms with Gasteiger partial charge in [-0.15, -0.1) is 0 Å². The zero-order valence-electron chi connectivity index (χ0n) is 9.12. The Morgan fingerprint density at radius 1 is 1.64 bits per heavy atom. The number of hydrogen-bond donors (Lipinski definition) is 1. The summed E-state index contributed by atoms with van der Waals surface area (Å²) in [5.74, 6) is 1.39. The van der Waals surface area contributed by atoms with Gasteiger partial charge < -0.3 is 10.1 Å². The van der Waals surface area contributed by atoms with Crippen molar-refractivity contribution in [1.82, 2.24) is 5.32 Å². The van der Waals surface area contributed by atoms with Gasteiger partial charge in [0.25, 0.3) is 0 Å². The Bertz CT molecular complexity index is 181. The molecule has 0 spiro atoms. The van der Waals surface area contributed by atoms with Crippen molar-refractivity contribution in [3.63, 3.8) is 0 Å². The lowest BCUT2D eigenvalue weighted by atomic mass is 10.0. The first-order chi connectivity index (χ1) is 6.68. The molecule has 84 valence electrons. The summed E-state index contributed by atoms with van der Waals surface area (Å²) in [5.41, 5.74) is 0. The third-order valence-electron chi connectivity index (χ3n) is 2.49. The lowest BCUT2D eigenvalue weighted by Crippen LogP contribution is -2.37. The normalized spacial score (nSPS) is 27.1. The van der Waals surface area contributed by atoms with E-state index in [1.165, 1.54) is 12.8 Å². The van der Waals surface area contributed by atoms with Crippen LogP contribution in [0.2, 0.25) is 0 Å². The molecule has 0 saturated carbocycles. The largest absolute Gasteiger partial charge is 0.381 e. The fourth-order valence-corrected chi connectivity index (χ4v) is 2.57. The summed E-state index contributed by atoms with van der Waals surface area (Å²) in [5, 5.41) is 3.41. The molecule has 1 aliphatic rings. The summed E-state index contributed by atoms with van der Waals surface area (Å²) in [6.45, 7) is 4.89. The molecule has 0 amide bonds. The van der Waals surface area contributed by atoms with Gasteiger partial charge in [-0.3, -0.25) is 4.21 Å². The van der Waals surface area contributed by atoms with Crippen molar-refractivity contribution < 1.29 is 8.95 Å². The van der Waals surface area contributed by atoms with Gasteiger partial charge in [0.2, 0.25) is 0 Å². The minimum Gasteiger partial charge on any atom is -0.381 e.